The fourth-order valence-electron chi connectivity index (χ4n) is 2.52. The molecule has 2 N–H and O–H groups in total. The minimum atomic E-state index is 0.0334. The quantitative estimate of drug-likeness (QED) is 0.649. The third kappa shape index (κ3) is 3.98. The van der Waals surface area contributed by atoms with Gasteiger partial charge in [0.05, 0.1) is 18.8 Å². The van der Waals surface area contributed by atoms with Crippen LogP contribution in [-0.2, 0) is 4.79 Å². The highest BCUT2D eigenvalue weighted by molar-refractivity contribution is 5.98. The molecule has 1 aromatic carbocycles. The van der Waals surface area contributed by atoms with E-state index in [-0.39, 0.29) is 11.7 Å². The number of hydrogen-bond acceptors (Lipinski definition) is 5. The van der Waals surface area contributed by atoms with Gasteiger partial charge in [-0.25, -0.2) is 0 Å². The molecule has 22 heavy (non-hydrogen) atoms. The van der Waals surface area contributed by atoms with Gasteiger partial charge in [-0.3, -0.25) is 14.5 Å². The fourth-order valence-corrected chi connectivity index (χ4v) is 2.52. The molecule has 6 heteroatoms. The van der Waals surface area contributed by atoms with E-state index in [2.05, 4.69) is 4.90 Å². The molecule has 0 unspecified atom stereocenters. The summed E-state index contributed by atoms with van der Waals surface area (Å²) < 4.78 is 5.37. The van der Waals surface area contributed by atoms with Crippen LogP contribution in [0.25, 0.3) is 0 Å². The highest BCUT2D eigenvalue weighted by Crippen LogP contribution is 2.22. The van der Waals surface area contributed by atoms with Crippen molar-refractivity contribution >= 4 is 17.4 Å². The lowest BCUT2D eigenvalue weighted by Gasteiger charge is -2.33. The maximum Gasteiger partial charge on any atom is 0.219 e. The number of Topliss-reactive ketones (excluding diaryl/α,β-unsaturated/α-hetero) is 1. The van der Waals surface area contributed by atoms with Crippen LogP contribution in [0.5, 0.6) is 5.75 Å². The Bertz CT molecular complexity index is 552. The summed E-state index contributed by atoms with van der Waals surface area (Å²) in [5, 5.41) is 0. The highest BCUT2D eigenvalue weighted by Gasteiger charge is 2.21. The number of amides is 1. The third-order valence-electron chi connectivity index (χ3n) is 3.82. The Labute approximate surface area is 130 Å². The van der Waals surface area contributed by atoms with Crippen molar-refractivity contribution < 1.29 is 14.3 Å². The largest absolute Gasteiger partial charge is 0.492 e. The first kappa shape index (κ1) is 16.3. The summed E-state index contributed by atoms with van der Waals surface area (Å²) in [4.78, 5) is 27.5. The lowest BCUT2D eigenvalue weighted by atomic mass is 10.1. The summed E-state index contributed by atoms with van der Waals surface area (Å²) >= 11 is 0. The molecular weight excluding hydrogens is 282 g/mol. The zero-order valence-electron chi connectivity index (χ0n) is 13.2. The third-order valence-corrected chi connectivity index (χ3v) is 3.82. The Morgan fingerprint density at radius 1 is 1.23 bits per heavy atom. The van der Waals surface area contributed by atoms with Gasteiger partial charge < -0.3 is 15.4 Å². The van der Waals surface area contributed by atoms with Crippen molar-refractivity contribution in [1.82, 2.24) is 9.80 Å². The van der Waals surface area contributed by atoms with Gasteiger partial charge in [-0.15, -0.1) is 0 Å². The second-order valence-electron chi connectivity index (χ2n) is 5.39. The zero-order valence-corrected chi connectivity index (χ0v) is 13.2. The van der Waals surface area contributed by atoms with Crippen molar-refractivity contribution in [3.8, 4) is 5.75 Å². The molecule has 1 aliphatic rings. The van der Waals surface area contributed by atoms with Gasteiger partial charge >= 0.3 is 0 Å². The van der Waals surface area contributed by atoms with E-state index < -0.39 is 0 Å². The molecule has 1 saturated heterocycles. The number of ketones is 1. The predicted octanol–water partition coefficient (Wildman–Crippen LogP) is 1.01. The minimum Gasteiger partial charge on any atom is -0.492 e. The number of nitrogens with zero attached hydrogens (tertiary/aromatic N) is 2. The van der Waals surface area contributed by atoms with Crippen molar-refractivity contribution in [1.29, 1.82) is 0 Å². The van der Waals surface area contributed by atoms with Crippen LogP contribution >= 0.6 is 0 Å². The summed E-state index contributed by atoms with van der Waals surface area (Å²) in [6, 6.07) is 5.15. The van der Waals surface area contributed by atoms with E-state index in [4.69, 9.17) is 10.5 Å². The average Bonchev–Trinajstić information content (AvgIpc) is 2.50. The molecule has 0 bridgehead atoms. The lowest BCUT2D eigenvalue weighted by molar-refractivity contribution is -0.130. The molecule has 1 aromatic rings. The Hall–Kier alpha value is -2.08. The number of nitrogen functional groups attached to an aromatic ring is 1. The van der Waals surface area contributed by atoms with E-state index in [1.165, 1.54) is 0 Å². The van der Waals surface area contributed by atoms with Crippen LogP contribution in [0.2, 0.25) is 0 Å². The maximum atomic E-state index is 12.3. The van der Waals surface area contributed by atoms with Gasteiger partial charge in [0, 0.05) is 38.7 Å². The van der Waals surface area contributed by atoms with Crippen molar-refractivity contribution in [3.63, 3.8) is 0 Å². The Morgan fingerprint density at radius 2 is 1.91 bits per heavy atom. The number of benzene rings is 1. The molecule has 0 radical (unpaired) electrons. The number of anilines is 1. The molecular formula is C16H23N3O3. The molecule has 0 aliphatic carbocycles. The topological polar surface area (TPSA) is 75.9 Å². The molecule has 0 atom stereocenters. The summed E-state index contributed by atoms with van der Waals surface area (Å²) in [5.74, 6) is 0.727. The summed E-state index contributed by atoms with van der Waals surface area (Å²) in [6.45, 7) is 7.14. The number of carbonyl (C=O) groups excluding carboxylic acids is 2. The first-order chi connectivity index (χ1) is 10.5. The van der Waals surface area contributed by atoms with Gasteiger partial charge in [0.15, 0.2) is 5.78 Å². The van der Waals surface area contributed by atoms with Gasteiger partial charge in [0.25, 0.3) is 0 Å². The summed E-state index contributed by atoms with van der Waals surface area (Å²) in [6.07, 6.45) is 0. The van der Waals surface area contributed by atoms with Gasteiger partial charge in [0.2, 0.25) is 5.91 Å². The fraction of sp³-hybridized carbons (Fsp3) is 0.500. The zero-order chi connectivity index (χ0) is 16.1. The molecule has 120 valence electrons. The van der Waals surface area contributed by atoms with Crippen molar-refractivity contribution in [3.05, 3.63) is 23.8 Å². The SMILES string of the molecule is CCOc1ccc(C(=O)CN2CCN(C(C)=O)CC2)cc1N. The van der Waals surface area contributed by atoms with Crippen LogP contribution < -0.4 is 10.5 Å². The Kier molecular flexibility index (Phi) is 5.38. The van der Waals surface area contributed by atoms with Gasteiger partial charge in [-0.05, 0) is 25.1 Å². The Balaban J connectivity index is 1.93. The maximum absolute atomic E-state index is 12.3. The van der Waals surface area contributed by atoms with Gasteiger partial charge in [-0.2, -0.15) is 0 Å². The number of ether oxygens (including phenoxy) is 1. The monoisotopic (exact) mass is 305 g/mol. The summed E-state index contributed by atoms with van der Waals surface area (Å²) in [7, 11) is 0. The minimum absolute atomic E-state index is 0.0334. The number of nitrogens with two attached hydrogens (primary N) is 1. The summed E-state index contributed by atoms with van der Waals surface area (Å²) in [5.41, 5.74) is 6.97. The molecule has 0 spiro atoms. The predicted molar refractivity (Wildman–Crippen MR) is 85.0 cm³/mol. The molecule has 1 amide bonds. The average molecular weight is 305 g/mol. The van der Waals surface area contributed by atoms with E-state index >= 15 is 0 Å². The van der Waals surface area contributed by atoms with Crippen LogP contribution in [0.4, 0.5) is 5.69 Å². The van der Waals surface area contributed by atoms with E-state index in [0.29, 0.717) is 43.2 Å². The second-order valence-corrected chi connectivity index (χ2v) is 5.39. The van der Waals surface area contributed by atoms with Crippen molar-refractivity contribution in [2.45, 2.75) is 13.8 Å². The van der Waals surface area contributed by atoms with Crippen LogP contribution in [0.3, 0.4) is 0 Å². The van der Waals surface area contributed by atoms with Crippen molar-refractivity contribution in [2.75, 3.05) is 45.1 Å². The molecule has 6 nitrogen and oxygen atoms in total. The van der Waals surface area contributed by atoms with Crippen LogP contribution in [0, 0.1) is 0 Å². The molecule has 0 aromatic heterocycles. The molecule has 1 heterocycles. The van der Waals surface area contributed by atoms with Crippen LogP contribution in [-0.4, -0.2) is 60.8 Å². The Morgan fingerprint density at radius 3 is 2.45 bits per heavy atom. The first-order valence-electron chi connectivity index (χ1n) is 7.54. The smallest absolute Gasteiger partial charge is 0.219 e. The van der Waals surface area contributed by atoms with E-state index in [1.54, 1.807) is 30.0 Å². The number of hydrogen-bond donors (Lipinski definition) is 1. The first-order valence-corrected chi connectivity index (χ1v) is 7.54. The second kappa shape index (κ2) is 7.26. The molecule has 1 fully saturated rings. The number of rotatable bonds is 5. The standard InChI is InChI=1S/C16H23N3O3/c1-3-22-16-5-4-13(10-14(16)17)15(21)11-18-6-8-19(9-7-18)12(2)20/h4-5,10H,3,6-9,11,17H2,1-2H3. The van der Waals surface area contributed by atoms with E-state index in [0.717, 1.165) is 13.1 Å². The highest BCUT2D eigenvalue weighted by atomic mass is 16.5. The molecule has 1 aliphatic heterocycles. The van der Waals surface area contributed by atoms with E-state index in [9.17, 15) is 9.59 Å². The van der Waals surface area contributed by atoms with E-state index in [1.807, 2.05) is 6.92 Å². The molecule has 2 rings (SSSR count). The normalized spacial score (nSPS) is 15.6. The van der Waals surface area contributed by atoms with Crippen LogP contribution in [0.1, 0.15) is 24.2 Å². The number of piperazine rings is 1. The molecule has 0 saturated carbocycles. The van der Waals surface area contributed by atoms with Gasteiger partial charge in [-0.1, -0.05) is 0 Å². The lowest BCUT2D eigenvalue weighted by Crippen LogP contribution is -2.49. The van der Waals surface area contributed by atoms with Crippen molar-refractivity contribution in [2.24, 2.45) is 0 Å². The number of carbonyl (C=O) groups is 2. The van der Waals surface area contributed by atoms with Crippen LogP contribution in [0.15, 0.2) is 18.2 Å². The van der Waals surface area contributed by atoms with Gasteiger partial charge in [0.1, 0.15) is 5.75 Å².